The highest BCUT2D eigenvalue weighted by molar-refractivity contribution is 6.07. The van der Waals surface area contributed by atoms with Gasteiger partial charge in [0.05, 0.1) is 0 Å². The van der Waals surface area contributed by atoms with Gasteiger partial charge in [-0.25, -0.2) is 0 Å². The van der Waals surface area contributed by atoms with E-state index in [1.807, 2.05) is 24.3 Å². The summed E-state index contributed by atoms with van der Waals surface area (Å²) < 4.78 is 12.2. The Hall–Kier alpha value is -5.08. The Labute approximate surface area is 225 Å². The van der Waals surface area contributed by atoms with Gasteiger partial charge in [-0.2, -0.15) is 0 Å². The lowest BCUT2D eigenvalue weighted by Crippen LogP contribution is -1.87. The molecule has 2 heteroatoms. The summed E-state index contributed by atoms with van der Waals surface area (Å²) in [6.45, 7) is 2.13. The fourth-order valence-electron chi connectivity index (χ4n) is 5.68. The predicted octanol–water partition coefficient (Wildman–Crippen LogP) is 10.8. The Morgan fingerprint density at radius 3 is 1.26 bits per heavy atom. The van der Waals surface area contributed by atoms with E-state index in [1.54, 1.807) is 0 Å². The SMILES string of the molecule is Cc1ccc(-c2cc(-c3ccc4oc5ccccc5c4c3)cc(-c3ccc4oc5ccccc5c4c3)c2)cc1. The molecule has 0 saturated carbocycles. The molecular formula is C37H24O2. The van der Waals surface area contributed by atoms with Crippen LogP contribution in [0.3, 0.4) is 0 Å². The van der Waals surface area contributed by atoms with E-state index in [1.165, 1.54) is 38.9 Å². The molecule has 0 amide bonds. The van der Waals surface area contributed by atoms with Crippen LogP contribution in [0.1, 0.15) is 5.56 Å². The van der Waals surface area contributed by atoms with Crippen LogP contribution in [-0.4, -0.2) is 0 Å². The van der Waals surface area contributed by atoms with Gasteiger partial charge in [0, 0.05) is 21.5 Å². The summed E-state index contributed by atoms with van der Waals surface area (Å²) in [5, 5.41) is 4.55. The van der Waals surface area contributed by atoms with Crippen molar-refractivity contribution >= 4 is 43.9 Å². The molecule has 2 heterocycles. The zero-order valence-corrected chi connectivity index (χ0v) is 21.4. The molecule has 0 fully saturated rings. The fourth-order valence-corrected chi connectivity index (χ4v) is 5.68. The molecule has 0 spiro atoms. The molecule has 184 valence electrons. The van der Waals surface area contributed by atoms with E-state index in [4.69, 9.17) is 8.83 Å². The van der Waals surface area contributed by atoms with Crippen molar-refractivity contribution in [3.63, 3.8) is 0 Å². The molecule has 0 radical (unpaired) electrons. The van der Waals surface area contributed by atoms with Crippen LogP contribution in [0.15, 0.2) is 136 Å². The highest BCUT2D eigenvalue weighted by Crippen LogP contribution is 2.38. The van der Waals surface area contributed by atoms with E-state index in [9.17, 15) is 0 Å². The van der Waals surface area contributed by atoms with Crippen LogP contribution in [0, 0.1) is 6.92 Å². The zero-order chi connectivity index (χ0) is 25.9. The van der Waals surface area contributed by atoms with E-state index in [-0.39, 0.29) is 0 Å². The van der Waals surface area contributed by atoms with Gasteiger partial charge in [0.25, 0.3) is 0 Å². The maximum Gasteiger partial charge on any atom is 0.135 e. The second-order valence-corrected chi connectivity index (χ2v) is 10.3. The number of hydrogen-bond acceptors (Lipinski definition) is 2. The minimum atomic E-state index is 0.909. The monoisotopic (exact) mass is 500 g/mol. The molecule has 2 aromatic heterocycles. The predicted molar refractivity (Wildman–Crippen MR) is 162 cm³/mol. The maximum absolute atomic E-state index is 6.10. The van der Waals surface area contributed by atoms with Gasteiger partial charge in [-0.15, -0.1) is 0 Å². The summed E-state index contributed by atoms with van der Waals surface area (Å²) in [5.74, 6) is 0. The normalized spacial score (nSPS) is 11.7. The number of aryl methyl sites for hydroxylation is 1. The van der Waals surface area contributed by atoms with Crippen molar-refractivity contribution in [2.24, 2.45) is 0 Å². The summed E-state index contributed by atoms with van der Waals surface area (Å²) in [6.07, 6.45) is 0. The zero-order valence-electron chi connectivity index (χ0n) is 21.4. The van der Waals surface area contributed by atoms with Gasteiger partial charge in [0.2, 0.25) is 0 Å². The fraction of sp³-hybridized carbons (Fsp3) is 0.0270. The van der Waals surface area contributed by atoms with Crippen molar-refractivity contribution in [3.8, 4) is 33.4 Å². The Bertz CT molecular complexity index is 2040. The van der Waals surface area contributed by atoms with Gasteiger partial charge in [-0.3, -0.25) is 0 Å². The van der Waals surface area contributed by atoms with Crippen molar-refractivity contribution in [2.75, 3.05) is 0 Å². The van der Waals surface area contributed by atoms with E-state index in [2.05, 4.69) is 110 Å². The standard InChI is InChI=1S/C37H24O2/c1-23-10-12-24(13-11-23)27-18-28(25-14-16-36-32(21-25)30-6-2-4-8-34(30)38-36)20-29(19-27)26-15-17-37-33(22-26)31-7-3-5-9-35(31)39-37/h2-22H,1H3. The summed E-state index contributed by atoms with van der Waals surface area (Å²) in [7, 11) is 0. The van der Waals surface area contributed by atoms with Crippen LogP contribution >= 0.6 is 0 Å². The molecule has 0 aliphatic heterocycles. The van der Waals surface area contributed by atoms with E-state index >= 15 is 0 Å². The topological polar surface area (TPSA) is 26.3 Å². The molecule has 0 N–H and O–H groups in total. The maximum atomic E-state index is 6.10. The first-order valence-electron chi connectivity index (χ1n) is 13.3. The molecule has 0 unspecified atom stereocenters. The lowest BCUT2D eigenvalue weighted by Gasteiger charge is -2.12. The summed E-state index contributed by atoms with van der Waals surface area (Å²) in [6, 6.07) is 45.1. The first kappa shape index (κ1) is 22.0. The Kier molecular flexibility index (Phi) is 4.77. The molecule has 0 saturated heterocycles. The molecular weight excluding hydrogens is 476 g/mol. The van der Waals surface area contributed by atoms with Crippen LogP contribution in [0.25, 0.3) is 77.3 Å². The van der Waals surface area contributed by atoms with Crippen molar-refractivity contribution in [1.82, 2.24) is 0 Å². The van der Waals surface area contributed by atoms with Crippen LogP contribution < -0.4 is 0 Å². The number of hydrogen-bond donors (Lipinski definition) is 0. The van der Waals surface area contributed by atoms with Crippen molar-refractivity contribution in [1.29, 1.82) is 0 Å². The van der Waals surface area contributed by atoms with Crippen molar-refractivity contribution < 1.29 is 8.83 Å². The van der Waals surface area contributed by atoms with E-state index in [0.29, 0.717) is 0 Å². The van der Waals surface area contributed by atoms with Crippen molar-refractivity contribution in [3.05, 3.63) is 133 Å². The van der Waals surface area contributed by atoms with E-state index in [0.717, 1.165) is 43.9 Å². The average molecular weight is 501 g/mol. The summed E-state index contributed by atoms with van der Waals surface area (Å²) >= 11 is 0. The minimum Gasteiger partial charge on any atom is -0.456 e. The smallest absolute Gasteiger partial charge is 0.135 e. The lowest BCUT2D eigenvalue weighted by molar-refractivity contribution is 0.668. The molecule has 8 aromatic rings. The van der Waals surface area contributed by atoms with Gasteiger partial charge in [-0.05, 0) is 94.9 Å². The van der Waals surface area contributed by atoms with Gasteiger partial charge in [0.15, 0.2) is 0 Å². The number of benzene rings is 6. The molecule has 6 aromatic carbocycles. The van der Waals surface area contributed by atoms with Gasteiger partial charge in [0.1, 0.15) is 22.3 Å². The molecule has 0 atom stereocenters. The molecule has 0 aliphatic rings. The number of fused-ring (bicyclic) bond motifs is 6. The first-order valence-corrected chi connectivity index (χ1v) is 13.3. The molecule has 2 nitrogen and oxygen atoms in total. The first-order chi connectivity index (χ1) is 19.2. The van der Waals surface area contributed by atoms with Crippen LogP contribution in [0.4, 0.5) is 0 Å². The third-order valence-electron chi connectivity index (χ3n) is 7.74. The lowest BCUT2D eigenvalue weighted by atomic mass is 9.92. The molecule has 0 bridgehead atoms. The largest absolute Gasteiger partial charge is 0.456 e. The third kappa shape index (κ3) is 3.65. The second kappa shape index (κ2) is 8.47. The van der Waals surface area contributed by atoms with Crippen LogP contribution in [-0.2, 0) is 0 Å². The highest BCUT2D eigenvalue weighted by atomic mass is 16.3. The number of furan rings is 2. The van der Waals surface area contributed by atoms with Crippen LogP contribution in [0.5, 0.6) is 0 Å². The Balaban J connectivity index is 1.35. The summed E-state index contributed by atoms with van der Waals surface area (Å²) in [5.41, 5.74) is 12.0. The quantitative estimate of drug-likeness (QED) is 0.241. The molecule has 8 rings (SSSR count). The number of para-hydroxylation sites is 2. The van der Waals surface area contributed by atoms with Crippen LogP contribution in [0.2, 0.25) is 0 Å². The van der Waals surface area contributed by atoms with E-state index < -0.39 is 0 Å². The molecule has 0 aliphatic carbocycles. The minimum absolute atomic E-state index is 0.909. The highest BCUT2D eigenvalue weighted by Gasteiger charge is 2.13. The summed E-state index contributed by atoms with van der Waals surface area (Å²) in [4.78, 5) is 0. The van der Waals surface area contributed by atoms with Gasteiger partial charge < -0.3 is 8.83 Å². The second-order valence-electron chi connectivity index (χ2n) is 10.3. The third-order valence-corrected chi connectivity index (χ3v) is 7.74. The molecule has 39 heavy (non-hydrogen) atoms. The van der Waals surface area contributed by atoms with Gasteiger partial charge >= 0.3 is 0 Å². The Morgan fingerprint density at radius 1 is 0.333 bits per heavy atom. The van der Waals surface area contributed by atoms with Crippen molar-refractivity contribution in [2.45, 2.75) is 6.92 Å². The Morgan fingerprint density at radius 2 is 0.744 bits per heavy atom. The number of rotatable bonds is 3. The average Bonchev–Trinajstić information content (AvgIpc) is 3.55. The van der Waals surface area contributed by atoms with Gasteiger partial charge in [-0.1, -0.05) is 78.4 Å².